The van der Waals surface area contributed by atoms with Crippen molar-refractivity contribution in [3.63, 3.8) is 0 Å². The van der Waals surface area contributed by atoms with Gasteiger partial charge in [-0.15, -0.1) is 0 Å². The van der Waals surface area contributed by atoms with Gasteiger partial charge < -0.3 is 9.47 Å². The Kier molecular flexibility index (Phi) is 5.53. The SMILES string of the molecule is CC(C)OC(=O)SC(=O)OC(C)C. The molecule has 0 saturated carbocycles. The minimum Gasteiger partial charge on any atom is -0.454 e. The van der Waals surface area contributed by atoms with Gasteiger partial charge in [0.25, 0.3) is 0 Å². The third-order valence-electron chi connectivity index (χ3n) is 0.831. The molecule has 76 valence electrons. The second-order valence-corrected chi connectivity index (χ2v) is 3.81. The van der Waals surface area contributed by atoms with Crippen LogP contribution in [-0.4, -0.2) is 22.8 Å². The minimum absolute atomic E-state index is 0.216. The van der Waals surface area contributed by atoms with Crippen LogP contribution in [0.5, 0.6) is 0 Å². The van der Waals surface area contributed by atoms with Crippen LogP contribution < -0.4 is 0 Å². The first-order valence-corrected chi connectivity index (χ1v) is 4.82. The molecular formula is C8H14O4S. The van der Waals surface area contributed by atoms with Crippen LogP contribution in [0.4, 0.5) is 9.59 Å². The van der Waals surface area contributed by atoms with Gasteiger partial charge in [-0.1, -0.05) is 0 Å². The summed E-state index contributed by atoms with van der Waals surface area (Å²) < 4.78 is 9.45. The molecule has 0 N–H and O–H groups in total. The van der Waals surface area contributed by atoms with Gasteiger partial charge in [0, 0.05) is 0 Å². The molecule has 5 heteroatoms. The quantitative estimate of drug-likeness (QED) is 0.650. The van der Waals surface area contributed by atoms with Crippen LogP contribution in [0.15, 0.2) is 0 Å². The summed E-state index contributed by atoms with van der Waals surface area (Å²) in [6, 6.07) is 0. The highest BCUT2D eigenvalue weighted by molar-refractivity contribution is 8.25. The monoisotopic (exact) mass is 206 g/mol. The molecule has 0 aromatic rings. The Labute approximate surface area is 82.0 Å². The van der Waals surface area contributed by atoms with Crippen molar-refractivity contribution >= 4 is 22.4 Å². The average molecular weight is 206 g/mol. The highest BCUT2D eigenvalue weighted by Crippen LogP contribution is 2.12. The maximum Gasteiger partial charge on any atom is 0.378 e. The predicted molar refractivity (Wildman–Crippen MR) is 50.8 cm³/mol. The first-order valence-electron chi connectivity index (χ1n) is 4.01. The van der Waals surface area contributed by atoms with Gasteiger partial charge in [-0.25, -0.2) is 9.59 Å². The normalized spacial score (nSPS) is 10.3. The smallest absolute Gasteiger partial charge is 0.378 e. The highest BCUT2D eigenvalue weighted by Gasteiger charge is 2.15. The summed E-state index contributed by atoms with van der Waals surface area (Å²) in [6.07, 6.45) is -0.432. The second-order valence-electron chi connectivity index (χ2n) is 2.94. The minimum atomic E-state index is -0.624. The van der Waals surface area contributed by atoms with Gasteiger partial charge in [-0.3, -0.25) is 0 Å². The molecule has 0 bridgehead atoms. The zero-order valence-electron chi connectivity index (χ0n) is 8.20. The van der Waals surface area contributed by atoms with E-state index in [0.29, 0.717) is 11.8 Å². The number of thioether (sulfide) groups is 1. The molecule has 0 unspecified atom stereocenters. The van der Waals surface area contributed by atoms with Crippen LogP contribution in [0, 0.1) is 0 Å². The summed E-state index contributed by atoms with van der Waals surface area (Å²) >= 11 is 0.434. The van der Waals surface area contributed by atoms with E-state index in [2.05, 4.69) is 0 Å². The fraction of sp³-hybridized carbons (Fsp3) is 0.750. The van der Waals surface area contributed by atoms with Crippen LogP contribution in [0.1, 0.15) is 27.7 Å². The average Bonchev–Trinajstić information content (AvgIpc) is 1.80. The summed E-state index contributed by atoms with van der Waals surface area (Å²) in [7, 11) is 0. The van der Waals surface area contributed by atoms with E-state index in [1.54, 1.807) is 27.7 Å². The first kappa shape index (κ1) is 12.3. The summed E-state index contributed by atoms with van der Waals surface area (Å²) in [6.45, 7) is 6.86. The molecule has 0 aliphatic heterocycles. The van der Waals surface area contributed by atoms with Gasteiger partial charge in [0.15, 0.2) is 0 Å². The van der Waals surface area contributed by atoms with Crippen LogP contribution in [0.25, 0.3) is 0 Å². The Morgan fingerprint density at radius 3 is 1.46 bits per heavy atom. The Morgan fingerprint density at radius 1 is 0.923 bits per heavy atom. The van der Waals surface area contributed by atoms with Crippen LogP contribution in [-0.2, 0) is 9.47 Å². The predicted octanol–water partition coefficient (Wildman–Crippen LogP) is 2.81. The Balaban J connectivity index is 3.72. The Bertz CT molecular complexity index is 169. The maximum atomic E-state index is 10.9. The van der Waals surface area contributed by atoms with Crippen molar-refractivity contribution in [1.29, 1.82) is 0 Å². The molecule has 0 radical (unpaired) electrons. The molecule has 0 fully saturated rings. The molecule has 0 aliphatic carbocycles. The van der Waals surface area contributed by atoms with E-state index in [9.17, 15) is 9.59 Å². The van der Waals surface area contributed by atoms with Crippen molar-refractivity contribution in [2.45, 2.75) is 39.9 Å². The van der Waals surface area contributed by atoms with Crippen molar-refractivity contribution in [1.82, 2.24) is 0 Å². The highest BCUT2D eigenvalue weighted by atomic mass is 32.2. The third kappa shape index (κ3) is 7.64. The van der Waals surface area contributed by atoms with Gasteiger partial charge in [-0.05, 0) is 27.7 Å². The topological polar surface area (TPSA) is 52.6 Å². The largest absolute Gasteiger partial charge is 0.454 e. The summed E-state index contributed by atoms with van der Waals surface area (Å²) in [5.41, 5.74) is 0. The van der Waals surface area contributed by atoms with E-state index < -0.39 is 10.6 Å². The number of hydrogen-bond acceptors (Lipinski definition) is 5. The summed E-state index contributed by atoms with van der Waals surface area (Å²) in [5, 5.41) is -1.25. The molecule has 0 atom stereocenters. The summed E-state index contributed by atoms with van der Waals surface area (Å²) in [4.78, 5) is 21.8. The van der Waals surface area contributed by atoms with Gasteiger partial charge in [0.1, 0.15) is 0 Å². The molecule has 0 amide bonds. The van der Waals surface area contributed by atoms with E-state index in [1.165, 1.54) is 0 Å². The third-order valence-corrected chi connectivity index (χ3v) is 1.36. The Morgan fingerprint density at radius 2 is 1.23 bits per heavy atom. The number of carbonyl (C=O) groups is 2. The molecular weight excluding hydrogens is 192 g/mol. The van der Waals surface area contributed by atoms with E-state index in [4.69, 9.17) is 9.47 Å². The van der Waals surface area contributed by atoms with Crippen LogP contribution >= 0.6 is 11.8 Å². The number of carbonyl (C=O) groups excluding carboxylic acids is 2. The lowest BCUT2D eigenvalue weighted by Crippen LogP contribution is -2.12. The zero-order valence-corrected chi connectivity index (χ0v) is 9.01. The summed E-state index contributed by atoms with van der Waals surface area (Å²) in [5.74, 6) is 0. The number of hydrogen-bond donors (Lipinski definition) is 0. The van der Waals surface area contributed by atoms with E-state index in [1.807, 2.05) is 0 Å². The van der Waals surface area contributed by atoms with Crippen molar-refractivity contribution < 1.29 is 19.1 Å². The van der Waals surface area contributed by atoms with Gasteiger partial charge in [0.2, 0.25) is 0 Å². The lowest BCUT2D eigenvalue weighted by Gasteiger charge is -2.08. The molecule has 0 spiro atoms. The van der Waals surface area contributed by atoms with E-state index in [0.717, 1.165) is 0 Å². The van der Waals surface area contributed by atoms with Crippen molar-refractivity contribution in [2.24, 2.45) is 0 Å². The Hall–Kier alpha value is -0.710. The molecule has 4 nitrogen and oxygen atoms in total. The molecule has 0 aromatic heterocycles. The molecule has 0 saturated heterocycles. The van der Waals surface area contributed by atoms with Crippen molar-refractivity contribution in [2.75, 3.05) is 0 Å². The van der Waals surface area contributed by atoms with Crippen LogP contribution in [0.2, 0.25) is 0 Å². The van der Waals surface area contributed by atoms with Gasteiger partial charge in [0.05, 0.1) is 24.0 Å². The second kappa shape index (κ2) is 5.85. The molecule has 0 rings (SSSR count). The molecule has 0 aromatic carbocycles. The number of rotatable bonds is 2. The molecule has 0 heterocycles. The lowest BCUT2D eigenvalue weighted by atomic mass is 10.5. The van der Waals surface area contributed by atoms with E-state index >= 15 is 0 Å². The fourth-order valence-electron chi connectivity index (χ4n) is 0.501. The standard InChI is InChI=1S/C8H14O4S/c1-5(2)11-7(9)13-8(10)12-6(3)4/h5-6H,1-4H3. The molecule has 0 aliphatic rings. The van der Waals surface area contributed by atoms with E-state index in [-0.39, 0.29) is 12.2 Å². The van der Waals surface area contributed by atoms with Gasteiger partial charge >= 0.3 is 10.6 Å². The number of ether oxygens (including phenoxy) is 2. The van der Waals surface area contributed by atoms with Crippen molar-refractivity contribution in [3.05, 3.63) is 0 Å². The van der Waals surface area contributed by atoms with Gasteiger partial charge in [-0.2, -0.15) is 0 Å². The zero-order chi connectivity index (χ0) is 10.4. The fourth-order valence-corrected chi connectivity index (χ4v) is 1.12. The van der Waals surface area contributed by atoms with Crippen LogP contribution in [0.3, 0.4) is 0 Å². The maximum absolute atomic E-state index is 10.9. The molecule has 13 heavy (non-hydrogen) atoms. The first-order chi connectivity index (χ1) is 5.91. The lowest BCUT2D eigenvalue weighted by molar-refractivity contribution is 0.137. The van der Waals surface area contributed by atoms with Crippen molar-refractivity contribution in [3.8, 4) is 0 Å².